The maximum atomic E-state index is 4.97. The molecule has 0 unspecified atom stereocenters. The number of hydrogen-bond acceptors (Lipinski definition) is 2. The quantitative estimate of drug-likeness (QED) is 0.690. The molecule has 104 valence electrons. The molecular formula is C17H21N3. The van der Waals surface area contributed by atoms with E-state index in [0.29, 0.717) is 11.8 Å². The SMILES string of the molecule is CC(C)c1nc2ccc3ccn(C)c3c2nc1C(C)C. The lowest BCUT2D eigenvalue weighted by atomic mass is 10.00. The highest BCUT2D eigenvalue weighted by Gasteiger charge is 2.16. The summed E-state index contributed by atoms with van der Waals surface area (Å²) in [6.07, 6.45) is 2.08. The molecule has 3 nitrogen and oxygen atoms in total. The molecule has 3 aromatic rings. The van der Waals surface area contributed by atoms with Crippen LogP contribution in [-0.2, 0) is 7.05 Å². The molecule has 0 amide bonds. The van der Waals surface area contributed by atoms with E-state index in [4.69, 9.17) is 9.97 Å². The van der Waals surface area contributed by atoms with E-state index in [1.165, 1.54) is 10.9 Å². The molecule has 1 aromatic carbocycles. The molecule has 3 rings (SSSR count). The molecule has 0 bridgehead atoms. The first-order valence-electron chi connectivity index (χ1n) is 7.24. The third-order valence-corrected chi connectivity index (χ3v) is 3.82. The predicted molar refractivity (Wildman–Crippen MR) is 84.2 cm³/mol. The maximum absolute atomic E-state index is 4.97. The minimum absolute atomic E-state index is 0.389. The summed E-state index contributed by atoms with van der Waals surface area (Å²) in [5.41, 5.74) is 5.44. The van der Waals surface area contributed by atoms with E-state index in [-0.39, 0.29) is 0 Å². The average Bonchev–Trinajstić information content (AvgIpc) is 2.79. The second-order valence-electron chi connectivity index (χ2n) is 6.10. The summed E-state index contributed by atoms with van der Waals surface area (Å²) in [4.78, 5) is 9.86. The monoisotopic (exact) mass is 267 g/mol. The van der Waals surface area contributed by atoms with Crippen LogP contribution in [0.4, 0.5) is 0 Å². The van der Waals surface area contributed by atoms with Crippen molar-refractivity contribution in [3.05, 3.63) is 35.8 Å². The van der Waals surface area contributed by atoms with Crippen molar-refractivity contribution in [1.29, 1.82) is 0 Å². The van der Waals surface area contributed by atoms with Crippen molar-refractivity contribution in [2.75, 3.05) is 0 Å². The zero-order chi connectivity index (χ0) is 14.4. The molecule has 0 saturated carbocycles. The maximum Gasteiger partial charge on any atom is 0.113 e. The Morgan fingerprint density at radius 2 is 1.55 bits per heavy atom. The Balaban J connectivity index is 2.44. The summed E-state index contributed by atoms with van der Waals surface area (Å²) in [6, 6.07) is 6.34. The molecule has 0 aliphatic heterocycles. The summed E-state index contributed by atoms with van der Waals surface area (Å²) < 4.78 is 2.13. The smallest absolute Gasteiger partial charge is 0.113 e. The number of hydrogen-bond donors (Lipinski definition) is 0. The number of fused-ring (bicyclic) bond motifs is 3. The van der Waals surface area contributed by atoms with Crippen LogP contribution < -0.4 is 0 Å². The van der Waals surface area contributed by atoms with Crippen LogP contribution in [0.15, 0.2) is 24.4 Å². The highest BCUT2D eigenvalue weighted by Crippen LogP contribution is 2.29. The molecular weight excluding hydrogens is 246 g/mol. The highest BCUT2D eigenvalue weighted by atomic mass is 14.9. The highest BCUT2D eigenvalue weighted by molar-refractivity contribution is 6.02. The molecule has 0 atom stereocenters. The van der Waals surface area contributed by atoms with Gasteiger partial charge in [0.1, 0.15) is 5.52 Å². The van der Waals surface area contributed by atoms with Gasteiger partial charge in [0.2, 0.25) is 0 Å². The standard InChI is InChI=1S/C17H21N3/c1-10(2)14-15(11(3)4)19-16-13(18-14)7-6-12-8-9-20(5)17(12)16/h6-11H,1-5H3. The zero-order valence-electron chi connectivity index (χ0n) is 12.8. The molecule has 20 heavy (non-hydrogen) atoms. The summed E-state index contributed by atoms with van der Waals surface area (Å²) in [5, 5.41) is 1.22. The Hall–Kier alpha value is -1.90. The second kappa shape index (κ2) is 4.58. The Morgan fingerprint density at radius 3 is 2.20 bits per heavy atom. The average molecular weight is 267 g/mol. The van der Waals surface area contributed by atoms with E-state index in [2.05, 4.69) is 63.7 Å². The van der Waals surface area contributed by atoms with Crippen molar-refractivity contribution in [2.45, 2.75) is 39.5 Å². The molecule has 0 saturated heterocycles. The lowest BCUT2D eigenvalue weighted by Crippen LogP contribution is -2.06. The van der Waals surface area contributed by atoms with Crippen molar-refractivity contribution in [3.63, 3.8) is 0 Å². The van der Waals surface area contributed by atoms with Gasteiger partial charge in [-0.1, -0.05) is 33.8 Å². The van der Waals surface area contributed by atoms with Crippen molar-refractivity contribution in [1.82, 2.24) is 14.5 Å². The number of benzene rings is 1. The second-order valence-corrected chi connectivity index (χ2v) is 6.10. The van der Waals surface area contributed by atoms with Gasteiger partial charge in [-0.15, -0.1) is 0 Å². The fraction of sp³-hybridized carbons (Fsp3) is 0.412. The van der Waals surface area contributed by atoms with Gasteiger partial charge < -0.3 is 4.57 Å². The van der Waals surface area contributed by atoms with Crippen LogP contribution in [0.5, 0.6) is 0 Å². The first-order valence-corrected chi connectivity index (χ1v) is 7.24. The Bertz CT molecular complexity index is 782. The van der Waals surface area contributed by atoms with Gasteiger partial charge in [-0.25, -0.2) is 9.97 Å². The Kier molecular flexibility index (Phi) is 3.00. The van der Waals surface area contributed by atoms with Crippen LogP contribution in [0.2, 0.25) is 0 Å². The molecule has 0 fully saturated rings. The summed E-state index contributed by atoms with van der Waals surface area (Å²) in [5.74, 6) is 0.785. The van der Waals surface area contributed by atoms with Crippen LogP contribution in [0.3, 0.4) is 0 Å². The van der Waals surface area contributed by atoms with Crippen LogP contribution in [0.25, 0.3) is 21.9 Å². The zero-order valence-corrected chi connectivity index (χ0v) is 12.8. The molecule has 0 aliphatic rings. The summed E-state index contributed by atoms with van der Waals surface area (Å²) >= 11 is 0. The van der Waals surface area contributed by atoms with Gasteiger partial charge in [-0.05, 0) is 24.0 Å². The molecule has 0 radical (unpaired) electrons. The van der Waals surface area contributed by atoms with Crippen LogP contribution >= 0.6 is 0 Å². The van der Waals surface area contributed by atoms with Gasteiger partial charge in [0, 0.05) is 18.6 Å². The topological polar surface area (TPSA) is 30.7 Å². The van der Waals surface area contributed by atoms with E-state index in [0.717, 1.165) is 22.4 Å². The fourth-order valence-corrected chi connectivity index (χ4v) is 2.77. The summed E-state index contributed by atoms with van der Waals surface area (Å²) in [6.45, 7) is 8.74. The van der Waals surface area contributed by atoms with Crippen LogP contribution in [0, 0.1) is 0 Å². The molecule has 3 heteroatoms. The van der Waals surface area contributed by atoms with Gasteiger partial charge in [0.15, 0.2) is 0 Å². The van der Waals surface area contributed by atoms with Gasteiger partial charge in [0.25, 0.3) is 0 Å². The molecule has 0 aliphatic carbocycles. The van der Waals surface area contributed by atoms with E-state index in [1.807, 2.05) is 0 Å². The van der Waals surface area contributed by atoms with Crippen LogP contribution in [0.1, 0.15) is 50.9 Å². The van der Waals surface area contributed by atoms with E-state index in [1.54, 1.807) is 0 Å². The number of aryl methyl sites for hydroxylation is 1. The molecule has 0 N–H and O–H groups in total. The van der Waals surface area contributed by atoms with Gasteiger partial charge >= 0.3 is 0 Å². The van der Waals surface area contributed by atoms with E-state index >= 15 is 0 Å². The first kappa shape index (κ1) is 13.1. The van der Waals surface area contributed by atoms with Crippen molar-refractivity contribution in [3.8, 4) is 0 Å². The van der Waals surface area contributed by atoms with Crippen molar-refractivity contribution >= 4 is 21.9 Å². The molecule has 0 spiro atoms. The number of rotatable bonds is 2. The van der Waals surface area contributed by atoms with Gasteiger partial charge in [-0.2, -0.15) is 0 Å². The Labute approximate surface area is 119 Å². The first-order chi connectivity index (χ1) is 9.49. The van der Waals surface area contributed by atoms with Gasteiger partial charge in [-0.3, -0.25) is 0 Å². The normalized spacial score (nSPS) is 12.2. The minimum atomic E-state index is 0.389. The number of aromatic nitrogens is 3. The van der Waals surface area contributed by atoms with E-state index in [9.17, 15) is 0 Å². The lowest BCUT2D eigenvalue weighted by molar-refractivity contribution is 0.737. The Morgan fingerprint density at radius 1 is 0.900 bits per heavy atom. The minimum Gasteiger partial charge on any atom is -0.349 e. The molecule has 2 heterocycles. The van der Waals surface area contributed by atoms with Crippen molar-refractivity contribution < 1.29 is 0 Å². The van der Waals surface area contributed by atoms with Crippen molar-refractivity contribution in [2.24, 2.45) is 7.05 Å². The fourth-order valence-electron chi connectivity index (χ4n) is 2.77. The third kappa shape index (κ3) is 1.89. The largest absolute Gasteiger partial charge is 0.349 e. The van der Waals surface area contributed by atoms with Gasteiger partial charge in [0.05, 0.1) is 22.4 Å². The lowest BCUT2D eigenvalue weighted by Gasteiger charge is -2.15. The van der Waals surface area contributed by atoms with Crippen LogP contribution in [-0.4, -0.2) is 14.5 Å². The summed E-state index contributed by atoms with van der Waals surface area (Å²) in [7, 11) is 2.06. The van der Waals surface area contributed by atoms with E-state index < -0.39 is 0 Å². The predicted octanol–water partition coefficient (Wildman–Crippen LogP) is 4.37. The molecule has 2 aromatic heterocycles. The number of nitrogens with zero attached hydrogens (tertiary/aromatic N) is 3. The third-order valence-electron chi connectivity index (χ3n) is 3.82.